The highest BCUT2D eigenvalue weighted by atomic mass is 32.2. The molecule has 0 radical (unpaired) electrons. The number of ketones is 1. The minimum absolute atomic E-state index is 0.122. The summed E-state index contributed by atoms with van der Waals surface area (Å²) in [6, 6.07) is -0.834. The highest BCUT2D eigenvalue weighted by Crippen LogP contribution is 2.21. The predicted octanol–water partition coefficient (Wildman–Crippen LogP) is -0.790. The number of Topliss-reactive ketones (excluding diaryl/α,β-unsaturated/α-hetero) is 1. The summed E-state index contributed by atoms with van der Waals surface area (Å²) in [7, 11) is -2.12. The molecule has 1 fully saturated rings. The number of carbonyl (C=O) groups excluding carboxylic acids is 3. The van der Waals surface area contributed by atoms with Crippen LogP contribution in [-0.2, 0) is 24.3 Å². The molecule has 1 aliphatic heterocycles. The average molecular weight is 407 g/mol. The smallest absolute Gasteiger partial charge is 0.407 e. The number of nitrogens with zero attached hydrogens (tertiary/aromatic N) is 1. The van der Waals surface area contributed by atoms with Gasteiger partial charge in [0.25, 0.3) is 0 Å². The number of hydrogen-bond acceptors (Lipinski definition) is 7. The molecular weight excluding hydrogens is 376 g/mol. The number of nitrogens with one attached hydrogen (secondary N) is 3. The van der Waals surface area contributed by atoms with Gasteiger partial charge in [0.05, 0.1) is 18.8 Å². The monoisotopic (exact) mass is 406 g/mol. The van der Waals surface area contributed by atoms with Crippen molar-refractivity contribution in [3.63, 3.8) is 0 Å². The zero-order valence-corrected chi connectivity index (χ0v) is 17.1. The van der Waals surface area contributed by atoms with Crippen LogP contribution in [0.3, 0.4) is 0 Å². The van der Waals surface area contributed by atoms with E-state index in [2.05, 4.69) is 16.0 Å². The summed E-state index contributed by atoms with van der Waals surface area (Å²) in [5.74, 6) is -1.02. The molecule has 0 unspecified atom stereocenters. The quantitative estimate of drug-likeness (QED) is 0.457. The summed E-state index contributed by atoms with van der Waals surface area (Å²) in [5.41, 5.74) is -0.675. The van der Waals surface area contributed by atoms with E-state index in [-0.39, 0.29) is 37.7 Å². The van der Waals surface area contributed by atoms with Crippen molar-refractivity contribution in [3.8, 4) is 0 Å². The molecule has 0 saturated carbocycles. The standard InChI is InChI=1S/C16H30N4O6S/c1-16(2,3)26-15(23)18-7-9-27(24,25)20-8-5-6-13(20)14(22)19-11-12(21)10-17-4/h13,17H,5-11H2,1-4H3,(H,18,23)(H,19,22)/t13-/m0/s1. The third-order valence-electron chi connectivity index (χ3n) is 3.73. The fourth-order valence-electron chi connectivity index (χ4n) is 2.61. The number of amides is 2. The SMILES string of the molecule is CNCC(=O)CNC(=O)[C@@H]1CCCN1S(=O)(=O)CCNC(=O)OC(C)(C)C. The highest BCUT2D eigenvalue weighted by molar-refractivity contribution is 7.89. The van der Waals surface area contributed by atoms with E-state index in [1.165, 1.54) is 0 Å². The van der Waals surface area contributed by atoms with Crippen LogP contribution in [0, 0.1) is 0 Å². The van der Waals surface area contributed by atoms with Crippen LogP contribution in [-0.4, -0.2) is 81.1 Å². The summed E-state index contributed by atoms with van der Waals surface area (Å²) in [6.07, 6.45) is 0.253. The van der Waals surface area contributed by atoms with Gasteiger partial charge in [-0.1, -0.05) is 0 Å². The van der Waals surface area contributed by atoms with E-state index in [1.807, 2.05) is 0 Å². The van der Waals surface area contributed by atoms with Crippen LogP contribution >= 0.6 is 0 Å². The molecule has 0 aliphatic carbocycles. The van der Waals surface area contributed by atoms with E-state index in [4.69, 9.17) is 4.74 Å². The molecule has 1 saturated heterocycles. The predicted molar refractivity (Wildman–Crippen MR) is 99.7 cm³/mol. The third-order valence-corrected chi connectivity index (χ3v) is 5.60. The van der Waals surface area contributed by atoms with E-state index >= 15 is 0 Å². The van der Waals surface area contributed by atoms with E-state index < -0.39 is 33.7 Å². The van der Waals surface area contributed by atoms with Crippen LogP contribution in [0.1, 0.15) is 33.6 Å². The first-order valence-corrected chi connectivity index (χ1v) is 10.5. The lowest BCUT2D eigenvalue weighted by atomic mass is 10.2. The van der Waals surface area contributed by atoms with Crippen molar-refractivity contribution in [2.75, 3.05) is 39.0 Å². The molecule has 0 aromatic carbocycles. The van der Waals surface area contributed by atoms with Gasteiger partial charge >= 0.3 is 6.09 Å². The van der Waals surface area contributed by atoms with Crippen LogP contribution in [0.5, 0.6) is 0 Å². The van der Waals surface area contributed by atoms with Gasteiger partial charge in [0.15, 0.2) is 5.78 Å². The van der Waals surface area contributed by atoms with E-state index in [1.54, 1.807) is 27.8 Å². The summed E-state index contributed by atoms with van der Waals surface area (Å²) >= 11 is 0. The highest BCUT2D eigenvalue weighted by Gasteiger charge is 2.38. The van der Waals surface area contributed by atoms with Crippen molar-refractivity contribution >= 4 is 27.8 Å². The van der Waals surface area contributed by atoms with E-state index in [0.29, 0.717) is 12.8 Å². The molecule has 11 heteroatoms. The minimum atomic E-state index is -3.74. The maximum Gasteiger partial charge on any atom is 0.407 e. The molecule has 0 spiro atoms. The van der Waals surface area contributed by atoms with Crippen LogP contribution in [0.15, 0.2) is 0 Å². The van der Waals surface area contributed by atoms with Gasteiger partial charge < -0.3 is 20.7 Å². The van der Waals surface area contributed by atoms with Gasteiger partial charge in [-0.3, -0.25) is 9.59 Å². The summed E-state index contributed by atoms with van der Waals surface area (Å²) in [4.78, 5) is 35.4. The molecule has 1 rings (SSSR count). The van der Waals surface area contributed by atoms with Gasteiger partial charge in [-0.15, -0.1) is 0 Å². The van der Waals surface area contributed by atoms with Crippen LogP contribution in [0.2, 0.25) is 0 Å². The van der Waals surface area contributed by atoms with Gasteiger partial charge in [0.2, 0.25) is 15.9 Å². The van der Waals surface area contributed by atoms with E-state index in [0.717, 1.165) is 4.31 Å². The molecule has 3 N–H and O–H groups in total. The Morgan fingerprint density at radius 1 is 1.15 bits per heavy atom. The van der Waals surface area contributed by atoms with E-state index in [9.17, 15) is 22.8 Å². The molecule has 1 atom stereocenters. The summed E-state index contributed by atoms with van der Waals surface area (Å²) in [5, 5.41) is 7.57. The Morgan fingerprint density at radius 2 is 1.81 bits per heavy atom. The fraction of sp³-hybridized carbons (Fsp3) is 0.812. The second-order valence-electron chi connectivity index (χ2n) is 7.30. The van der Waals surface area contributed by atoms with Crippen molar-refractivity contribution in [3.05, 3.63) is 0 Å². The van der Waals surface area contributed by atoms with Crippen molar-refractivity contribution in [2.24, 2.45) is 0 Å². The van der Waals surface area contributed by atoms with Gasteiger partial charge in [-0.2, -0.15) is 4.31 Å². The Morgan fingerprint density at radius 3 is 2.41 bits per heavy atom. The van der Waals surface area contributed by atoms with Crippen molar-refractivity contribution < 1.29 is 27.5 Å². The Hall–Kier alpha value is -1.72. The van der Waals surface area contributed by atoms with Crippen LogP contribution in [0.25, 0.3) is 0 Å². The molecular formula is C16H30N4O6S. The van der Waals surface area contributed by atoms with Gasteiger partial charge in [0.1, 0.15) is 11.6 Å². The van der Waals surface area contributed by atoms with Crippen LogP contribution < -0.4 is 16.0 Å². The Kier molecular flexibility index (Phi) is 8.63. The molecule has 1 heterocycles. The lowest BCUT2D eigenvalue weighted by molar-refractivity contribution is -0.127. The lowest BCUT2D eigenvalue weighted by Gasteiger charge is -2.24. The number of carbonyl (C=O) groups is 3. The second kappa shape index (κ2) is 10.00. The fourth-order valence-corrected chi connectivity index (χ4v) is 4.20. The normalized spacial score (nSPS) is 18.1. The second-order valence-corrected chi connectivity index (χ2v) is 9.34. The Balaban J connectivity index is 2.55. The minimum Gasteiger partial charge on any atom is -0.444 e. The number of sulfonamides is 1. The topological polar surface area (TPSA) is 134 Å². The number of alkyl carbamates (subject to hydrolysis) is 1. The van der Waals surface area contributed by atoms with Crippen molar-refractivity contribution in [1.29, 1.82) is 0 Å². The number of rotatable bonds is 9. The van der Waals surface area contributed by atoms with Gasteiger partial charge in [0, 0.05) is 13.1 Å². The molecule has 156 valence electrons. The first-order chi connectivity index (χ1) is 12.5. The Labute approximate surface area is 160 Å². The molecule has 1 aliphatic rings. The van der Waals surface area contributed by atoms with Crippen LogP contribution in [0.4, 0.5) is 4.79 Å². The molecule has 2 amide bonds. The first-order valence-electron chi connectivity index (χ1n) is 8.86. The average Bonchev–Trinajstić information content (AvgIpc) is 3.01. The first kappa shape index (κ1) is 23.3. The maximum atomic E-state index is 12.5. The summed E-state index contributed by atoms with van der Waals surface area (Å²) in [6.45, 7) is 5.21. The lowest BCUT2D eigenvalue weighted by Crippen LogP contribution is -2.49. The summed E-state index contributed by atoms with van der Waals surface area (Å²) < 4.78 is 31.3. The molecule has 27 heavy (non-hydrogen) atoms. The van der Waals surface area contributed by atoms with Crippen molar-refractivity contribution in [2.45, 2.75) is 45.3 Å². The number of likely N-dealkylation sites (N-methyl/N-ethyl adjacent to an activating group) is 1. The molecule has 0 bridgehead atoms. The molecule has 0 aromatic heterocycles. The van der Waals surface area contributed by atoms with Gasteiger partial charge in [-0.25, -0.2) is 13.2 Å². The molecule has 10 nitrogen and oxygen atoms in total. The number of ether oxygens (including phenoxy) is 1. The molecule has 0 aromatic rings. The van der Waals surface area contributed by atoms with Gasteiger partial charge in [-0.05, 0) is 40.7 Å². The number of hydrogen-bond donors (Lipinski definition) is 3. The van der Waals surface area contributed by atoms with Crippen molar-refractivity contribution in [1.82, 2.24) is 20.3 Å². The third kappa shape index (κ3) is 8.22. The largest absolute Gasteiger partial charge is 0.444 e. The zero-order chi connectivity index (χ0) is 20.7. The maximum absolute atomic E-state index is 12.5. The zero-order valence-electron chi connectivity index (χ0n) is 16.3. The Bertz CT molecular complexity index is 644.